The maximum Gasteiger partial charge on any atom is 0.0571 e. The average molecular weight is 425 g/mol. The van der Waals surface area contributed by atoms with Crippen LogP contribution in [0.3, 0.4) is 0 Å². The van der Waals surface area contributed by atoms with Gasteiger partial charge in [-0.25, -0.2) is 0 Å². The van der Waals surface area contributed by atoms with Crippen molar-refractivity contribution in [1.29, 1.82) is 0 Å². The number of aliphatic hydroxyl groups is 1. The average Bonchev–Trinajstić information content (AvgIpc) is 2.67. The molecule has 31 heavy (non-hydrogen) atoms. The van der Waals surface area contributed by atoms with Crippen molar-refractivity contribution in [2.45, 2.75) is 113 Å². The Morgan fingerprint density at radius 3 is 2.26 bits per heavy atom. The Hall–Kier alpha value is -0.560. The summed E-state index contributed by atoms with van der Waals surface area (Å²) in [6.45, 7) is 20.3. The predicted molar refractivity (Wildman–Crippen MR) is 131 cm³/mol. The molecular weight excluding hydrogens is 376 g/mol. The Kier molecular flexibility index (Phi) is 4.68. The van der Waals surface area contributed by atoms with Crippen molar-refractivity contribution in [2.75, 3.05) is 0 Å². The molecule has 1 N–H and O–H groups in total. The highest BCUT2D eigenvalue weighted by molar-refractivity contribution is 5.39. The zero-order valence-corrected chi connectivity index (χ0v) is 21.6. The monoisotopic (exact) mass is 424 g/mol. The van der Waals surface area contributed by atoms with Crippen LogP contribution in [0.4, 0.5) is 0 Å². The molecule has 0 heterocycles. The normalized spacial score (nSPS) is 55.7. The lowest BCUT2D eigenvalue weighted by Crippen LogP contribution is -2.65. The van der Waals surface area contributed by atoms with Crippen molar-refractivity contribution in [3.05, 3.63) is 23.3 Å². The summed E-state index contributed by atoms with van der Waals surface area (Å²) >= 11 is 0. The van der Waals surface area contributed by atoms with E-state index in [4.69, 9.17) is 0 Å². The highest BCUT2D eigenvalue weighted by Crippen LogP contribution is 2.76. The van der Waals surface area contributed by atoms with Gasteiger partial charge in [0.1, 0.15) is 0 Å². The molecule has 5 rings (SSSR count). The van der Waals surface area contributed by atoms with E-state index in [0.717, 1.165) is 24.2 Å². The van der Waals surface area contributed by atoms with Crippen LogP contribution in [0.15, 0.2) is 23.3 Å². The van der Waals surface area contributed by atoms with Crippen LogP contribution in [0.5, 0.6) is 0 Å². The standard InChI is InChI=1S/C30H48O/c1-19-17-30(8)25-12-14-27(5)20(2)23(31)9-10-24(27)28(25,6)15-16-29(30,7)22-18-26(3,4)13-11-21(19)22/h11,13,20,22-25,31H,9-10,12,14-18H2,1-8H3/t20-,22+,23-,24+,25-,27+,28-,29-,30+/m0/s1. The van der Waals surface area contributed by atoms with Crippen LogP contribution in [-0.2, 0) is 0 Å². The molecule has 3 saturated carbocycles. The van der Waals surface area contributed by atoms with E-state index in [-0.39, 0.29) is 6.10 Å². The van der Waals surface area contributed by atoms with Crippen molar-refractivity contribution in [2.24, 2.45) is 50.7 Å². The lowest BCUT2D eigenvalue weighted by Gasteiger charge is -2.72. The topological polar surface area (TPSA) is 20.2 Å². The molecule has 0 aromatic heterocycles. The van der Waals surface area contributed by atoms with E-state index < -0.39 is 0 Å². The molecule has 5 aliphatic carbocycles. The second-order valence-corrected chi connectivity index (χ2v) is 14.4. The Morgan fingerprint density at radius 2 is 1.55 bits per heavy atom. The molecule has 0 aromatic carbocycles. The van der Waals surface area contributed by atoms with E-state index in [1.54, 1.807) is 11.1 Å². The van der Waals surface area contributed by atoms with Gasteiger partial charge in [-0.3, -0.25) is 0 Å². The Morgan fingerprint density at radius 1 is 0.839 bits per heavy atom. The minimum atomic E-state index is -0.0930. The van der Waals surface area contributed by atoms with Gasteiger partial charge in [-0.1, -0.05) is 66.2 Å². The van der Waals surface area contributed by atoms with E-state index in [2.05, 4.69) is 67.5 Å². The molecule has 0 saturated heterocycles. The van der Waals surface area contributed by atoms with E-state index >= 15 is 0 Å². The fourth-order valence-corrected chi connectivity index (χ4v) is 10.5. The highest BCUT2D eigenvalue weighted by Gasteiger charge is 2.68. The van der Waals surface area contributed by atoms with Crippen LogP contribution in [0.2, 0.25) is 0 Å². The van der Waals surface area contributed by atoms with E-state index in [9.17, 15) is 5.11 Å². The van der Waals surface area contributed by atoms with Crippen molar-refractivity contribution in [3.8, 4) is 0 Å². The molecule has 5 aliphatic rings. The minimum absolute atomic E-state index is 0.0930. The Balaban J connectivity index is 1.59. The second kappa shape index (κ2) is 6.52. The highest BCUT2D eigenvalue weighted by atomic mass is 16.3. The Bertz CT molecular complexity index is 833. The number of hydrogen-bond donors (Lipinski definition) is 1. The Labute approximate surface area is 192 Å². The number of aliphatic hydroxyl groups excluding tert-OH is 1. The maximum atomic E-state index is 10.7. The van der Waals surface area contributed by atoms with Gasteiger partial charge in [0, 0.05) is 0 Å². The second-order valence-electron chi connectivity index (χ2n) is 14.4. The van der Waals surface area contributed by atoms with Gasteiger partial charge in [0.2, 0.25) is 0 Å². The van der Waals surface area contributed by atoms with Gasteiger partial charge in [-0.05, 0) is 115 Å². The van der Waals surface area contributed by atoms with E-state index in [0.29, 0.717) is 33.0 Å². The van der Waals surface area contributed by atoms with Crippen LogP contribution in [0.25, 0.3) is 0 Å². The smallest absolute Gasteiger partial charge is 0.0571 e. The van der Waals surface area contributed by atoms with E-state index in [1.165, 1.54) is 44.9 Å². The largest absolute Gasteiger partial charge is 0.393 e. The third-order valence-corrected chi connectivity index (χ3v) is 12.7. The van der Waals surface area contributed by atoms with Gasteiger partial charge in [0.25, 0.3) is 0 Å². The molecule has 0 bridgehead atoms. The lowest BCUT2D eigenvalue weighted by atomic mass is 9.32. The van der Waals surface area contributed by atoms with Crippen LogP contribution < -0.4 is 0 Å². The summed E-state index contributed by atoms with van der Waals surface area (Å²) in [6, 6.07) is 0. The molecule has 0 spiro atoms. The zero-order chi connectivity index (χ0) is 22.6. The number of allylic oxidation sites excluding steroid dienone is 4. The molecule has 0 radical (unpaired) electrons. The van der Waals surface area contributed by atoms with Crippen LogP contribution in [0.1, 0.15) is 107 Å². The third kappa shape index (κ3) is 2.71. The van der Waals surface area contributed by atoms with Crippen LogP contribution >= 0.6 is 0 Å². The van der Waals surface area contributed by atoms with Crippen molar-refractivity contribution < 1.29 is 5.11 Å². The van der Waals surface area contributed by atoms with Gasteiger partial charge >= 0.3 is 0 Å². The fraction of sp³-hybridized carbons (Fsp3) is 0.867. The molecule has 1 heteroatoms. The summed E-state index contributed by atoms with van der Waals surface area (Å²) in [7, 11) is 0. The molecule has 1 nitrogen and oxygen atoms in total. The SMILES string of the molecule is CC1=C2C=CC(C)(C)C[C@H]2[C@]2(C)CC[C@@]3(C)[C@@H]4CC[C@H](O)[C@H](C)[C@@]4(C)CC[C@@H]3[C@@]2(C)C1. The molecule has 0 aliphatic heterocycles. The summed E-state index contributed by atoms with van der Waals surface area (Å²) in [6.07, 6.45) is 15.2. The quantitative estimate of drug-likeness (QED) is 0.418. The summed E-state index contributed by atoms with van der Waals surface area (Å²) in [5.74, 6) is 2.74. The van der Waals surface area contributed by atoms with Gasteiger partial charge < -0.3 is 5.11 Å². The van der Waals surface area contributed by atoms with Crippen molar-refractivity contribution in [1.82, 2.24) is 0 Å². The predicted octanol–water partition coefficient (Wildman–Crippen LogP) is 7.94. The molecule has 0 amide bonds. The van der Waals surface area contributed by atoms with E-state index in [1.807, 2.05) is 0 Å². The fourth-order valence-electron chi connectivity index (χ4n) is 10.5. The number of rotatable bonds is 0. The molecule has 0 aromatic rings. The first kappa shape index (κ1) is 22.2. The van der Waals surface area contributed by atoms with Crippen LogP contribution in [0, 0.1) is 50.7 Å². The lowest BCUT2D eigenvalue weighted by molar-refractivity contribution is -0.228. The van der Waals surface area contributed by atoms with Crippen LogP contribution in [-0.4, -0.2) is 11.2 Å². The summed E-state index contributed by atoms with van der Waals surface area (Å²) in [4.78, 5) is 0. The van der Waals surface area contributed by atoms with Gasteiger partial charge in [0.15, 0.2) is 0 Å². The zero-order valence-electron chi connectivity index (χ0n) is 21.6. The van der Waals surface area contributed by atoms with Crippen molar-refractivity contribution in [3.63, 3.8) is 0 Å². The number of hydrogen-bond acceptors (Lipinski definition) is 1. The summed E-state index contributed by atoms with van der Waals surface area (Å²) < 4.78 is 0. The first-order valence-electron chi connectivity index (χ1n) is 13.4. The van der Waals surface area contributed by atoms with Gasteiger partial charge in [0.05, 0.1) is 6.10 Å². The van der Waals surface area contributed by atoms with Gasteiger partial charge in [-0.15, -0.1) is 0 Å². The summed E-state index contributed by atoms with van der Waals surface area (Å²) in [5, 5.41) is 10.7. The summed E-state index contributed by atoms with van der Waals surface area (Å²) in [5.41, 5.74) is 5.22. The van der Waals surface area contributed by atoms with Gasteiger partial charge in [-0.2, -0.15) is 0 Å². The first-order chi connectivity index (χ1) is 14.3. The molecule has 174 valence electrons. The molecule has 9 atom stereocenters. The minimum Gasteiger partial charge on any atom is -0.393 e. The third-order valence-electron chi connectivity index (χ3n) is 12.7. The van der Waals surface area contributed by atoms with Crippen molar-refractivity contribution >= 4 is 0 Å². The molecular formula is C30H48O. The number of fused-ring (bicyclic) bond motifs is 7. The maximum absolute atomic E-state index is 10.7. The first-order valence-corrected chi connectivity index (χ1v) is 13.4. The molecule has 3 fully saturated rings. The molecule has 0 unspecified atom stereocenters.